The summed E-state index contributed by atoms with van der Waals surface area (Å²) in [7, 11) is 0. The highest BCUT2D eigenvalue weighted by molar-refractivity contribution is 5.95. The zero-order valence-electron chi connectivity index (χ0n) is 12.4. The Balaban J connectivity index is 1.84. The molecule has 0 aliphatic heterocycles. The van der Waals surface area contributed by atoms with Crippen LogP contribution in [-0.4, -0.2) is 39.9 Å². The average molecular weight is 327 g/mol. The van der Waals surface area contributed by atoms with Gasteiger partial charge in [-0.25, -0.2) is 0 Å². The molecule has 2 aromatic rings. The van der Waals surface area contributed by atoms with Crippen LogP contribution in [-0.2, 0) is 6.54 Å². The minimum absolute atomic E-state index is 0.135. The van der Waals surface area contributed by atoms with E-state index >= 15 is 0 Å². The molecule has 23 heavy (non-hydrogen) atoms. The molecule has 0 saturated carbocycles. The van der Waals surface area contributed by atoms with E-state index in [9.17, 15) is 18.0 Å². The summed E-state index contributed by atoms with van der Waals surface area (Å²) in [5, 5.41) is 9.30. The smallest absolute Gasteiger partial charge is 0.382 e. The highest BCUT2D eigenvalue weighted by Crippen LogP contribution is 2.19. The fraction of sp³-hybridized carbons (Fsp3) is 0.357. The average Bonchev–Trinajstić information content (AvgIpc) is 2.84. The third kappa shape index (κ3) is 4.97. The van der Waals surface area contributed by atoms with Gasteiger partial charge in [0, 0.05) is 31.2 Å². The van der Waals surface area contributed by atoms with E-state index in [1.54, 1.807) is 18.5 Å². The number of nitrogens with zero attached hydrogens (tertiary/aromatic N) is 3. The van der Waals surface area contributed by atoms with Gasteiger partial charge in [0.15, 0.2) is 0 Å². The molecule has 6 nitrogen and oxygen atoms in total. The van der Waals surface area contributed by atoms with Crippen LogP contribution in [0, 0.1) is 6.92 Å². The maximum atomic E-state index is 12.4. The van der Waals surface area contributed by atoms with Crippen molar-refractivity contribution in [3.05, 3.63) is 42.0 Å². The molecule has 2 N–H and O–H groups in total. The van der Waals surface area contributed by atoms with E-state index in [0.29, 0.717) is 13.1 Å². The number of aromatic nitrogens is 3. The summed E-state index contributed by atoms with van der Waals surface area (Å²) in [4.78, 5) is 15.9. The highest BCUT2D eigenvalue weighted by Gasteiger charge is 2.30. The van der Waals surface area contributed by atoms with Crippen molar-refractivity contribution >= 4 is 11.6 Å². The van der Waals surface area contributed by atoms with E-state index in [1.807, 2.05) is 6.07 Å². The van der Waals surface area contributed by atoms with Crippen molar-refractivity contribution in [2.75, 3.05) is 18.4 Å². The Labute approximate surface area is 130 Å². The number of carbonyl (C=O) groups is 1. The Kier molecular flexibility index (Phi) is 5.20. The summed E-state index contributed by atoms with van der Waals surface area (Å²) in [5.74, 6) is -0.455. The maximum Gasteiger partial charge on any atom is 0.408 e. The molecular formula is C14H16F3N5O. The molecule has 1 amide bonds. The Bertz CT molecular complexity index is 654. The molecule has 124 valence electrons. The fourth-order valence-corrected chi connectivity index (χ4v) is 1.94. The minimum atomic E-state index is -4.38. The maximum absolute atomic E-state index is 12.4. The number of carbonyl (C=O) groups excluding carboxylic acids is 1. The van der Waals surface area contributed by atoms with Gasteiger partial charge >= 0.3 is 6.18 Å². The Morgan fingerprint density at radius 2 is 2.09 bits per heavy atom. The van der Waals surface area contributed by atoms with Gasteiger partial charge < -0.3 is 10.6 Å². The summed E-state index contributed by atoms with van der Waals surface area (Å²) in [6, 6.07) is 3.61. The number of amides is 1. The monoisotopic (exact) mass is 327 g/mol. The second kappa shape index (κ2) is 7.12. The topological polar surface area (TPSA) is 71.8 Å². The summed E-state index contributed by atoms with van der Waals surface area (Å²) in [6.07, 6.45) is 0.0601. The predicted octanol–water partition coefficient (Wildman–Crippen LogP) is 1.99. The Hall–Kier alpha value is -2.58. The van der Waals surface area contributed by atoms with Crippen LogP contribution in [0.3, 0.4) is 0 Å². The van der Waals surface area contributed by atoms with Crippen molar-refractivity contribution in [2.45, 2.75) is 19.6 Å². The van der Waals surface area contributed by atoms with Gasteiger partial charge in [0.25, 0.3) is 5.91 Å². The van der Waals surface area contributed by atoms with E-state index in [0.717, 1.165) is 16.6 Å². The van der Waals surface area contributed by atoms with Crippen molar-refractivity contribution in [2.24, 2.45) is 0 Å². The third-order valence-electron chi connectivity index (χ3n) is 3.08. The number of hydrogen-bond acceptors (Lipinski definition) is 4. The standard InChI is InChI=1S/C14H16F3N5O/c1-10-12(8-21-22(10)9-14(15,16)17)13(23)20-6-5-19-11-3-2-4-18-7-11/h2-4,7-8,19H,5-6,9H2,1H3,(H,20,23). The first-order valence-corrected chi connectivity index (χ1v) is 6.88. The van der Waals surface area contributed by atoms with E-state index < -0.39 is 18.6 Å². The highest BCUT2D eigenvalue weighted by atomic mass is 19.4. The molecule has 2 heterocycles. The van der Waals surface area contributed by atoms with Crippen molar-refractivity contribution in [3.8, 4) is 0 Å². The second-order valence-electron chi connectivity index (χ2n) is 4.84. The van der Waals surface area contributed by atoms with Gasteiger partial charge in [-0.05, 0) is 19.1 Å². The lowest BCUT2D eigenvalue weighted by Gasteiger charge is -2.09. The summed E-state index contributed by atoms with van der Waals surface area (Å²) >= 11 is 0. The van der Waals surface area contributed by atoms with Crippen LogP contribution in [0.4, 0.5) is 18.9 Å². The molecule has 9 heteroatoms. The van der Waals surface area contributed by atoms with Crippen LogP contribution in [0.15, 0.2) is 30.7 Å². The lowest BCUT2D eigenvalue weighted by atomic mass is 10.2. The zero-order valence-corrected chi connectivity index (χ0v) is 12.4. The van der Waals surface area contributed by atoms with E-state index in [1.165, 1.54) is 6.92 Å². The number of hydrogen-bond donors (Lipinski definition) is 2. The number of halogens is 3. The molecule has 2 aromatic heterocycles. The van der Waals surface area contributed by atoms with Crippen molar-refractivity contribution in [1.82, 2.24) is 20.1 Å². The van der Waals surface area contributed by atoms with Crippen LogP contribution in [0.1, 0.15) is 16.1 Å². The molecule has 0 aromatic carbocycles. The van der Waals surface area contributed by atoms with Gasteiger partial charge in [-0.1, -0.05) is 0 Å². The third-order valence-corrected chi connectivity index (χ3v) is 3.08. The first-order chi connectivity index (χ1) is 10.9. The molecule has 0 fully saturated rings. The van der Waals surface area contributed by atoms with Crippen molar-refractivity contribution in [1.29, 1.82) is 0 Å². The summed E-state index contributed by atoms with van der Waals surface area (Å²) in [5.41, 5.74) is 1.13. The van der Waals surface area contributed by atoms with E-state index in [4.69, 9.17) is 0 Å². The first-order valence-electron chi connectivity index (χ1n) is 6.88. The quantitative estimate of drug-likeness (QED) is 0.796. The molecule has 0 aliphatic rings. The van der Waals surface area contributed by atoms with Crippen LogP contribution >= 0.6 is 0 Å². The van der Waals surface area contributed by atoms with Crippen molar-refractivity contribution < 1.29 is 18.0 Å². The fourth-order valence-electron chi connectivity index (χ4n) is 1.94. The predicted molar refractivity (Wildman–Crippen MR) is 78.1 cm³/mol. The van der Waals surface area contributed by atoms with E-state index in [-0.39, 0.29) is 11.3 Å². The van der Waals surface area contributed by atoms with Gasteiger partial charge in [-0.2, -0.15) is 18.3 Å². The molecule has 0 aliphatic carbocycles. The van der Waals surface area contributed by atoms with Crippen LogP contribution in [0.5, 0.6) is 0 Å². The van der Waals surface area contributed by atoms with Crippen LogP contribution in [0.25, 0.3) is 0 Å². The molecule has 2 rings (SSSR count). The lowest BCUT2D eigenvalue weighted by Crippen LogP contribution is -2.29. The summed E-state index contributed by atoms with van der Waals surface area (Å²) in [6.45, 7) is 1.00. The first kappa shape index (κ1) is 16.8. The normalized spacial score (nSPS) is 11.3. The minimum Gasteiger partial charge on any atom is -0.382 e. The van der Waals surface area contributed by atoms with Gasteiger partial charge in [-0.15, -0.1) is 0 Å². The molecule has 0 unspecified atom stereocenters. The molecular weight excluding hydrogens is 311 g/mol. The number of nitrogens with one attached hydrogen (secondary N) is 2. The SMILES string of the molecule is Cc1c(C(=O)NCCNc2cccnc2)cnn1CC(F)(F)F. The molecule has 0 saturated heterocycles. The van der Waals surface area contributed by atoms with Gasteiger partial charge in [0.2, 0.25) is 0 Å². The molecule has 0 atom stereocenters. The Morgan fingerprint density at radius 1 is 1.30 bits per heavy atom. The van der Waals surface area contributed by atoms with Gasteiger partial charge in [-0.3, -0.25) is 14.5 Å². The van der Waals surface area contributed by atoms with Gasteiger partial charge in [0.1, 0.15) is 6.54 Å². The lowest BCUT2D eigenvalue weighted by molar-refractivity contribution is -0.142. The number of rotatable bonds is 6. The molecule has 0 radical (unpaired) electrons. The van der Waals surface area contributed by atoms with Crippen LogP contribution in [0.2, 0.25) is 0 Å². The molecule has 0 bridgehead atoms. The zero-order chi connectivity index (χ0) is 16.9. The number of pyridine rings is 1. The Morgan fingerprint density at radius 3 is 2.74 bits per heavy atom. The number of anilines is 1. The summed E-state index contributed by atoms with van der Waals surface area (Å²) < 4.78 is 37.9. The van der Waals surface area contributed by atoms with E-state index in [2.05, 4.69) is 20.7 Å². The van der Waals surface area contributed by atoms with Crippen molar-refractivity contribution in [3.63, 3.8) is 0 Å². The second-order valence-corrected chi connectivity index (χ2v) is 4.84. The molecule has 0 spiro atoms. The largest absolute Gasteiger partial charge is 0.408 e. The van der Waals surface area contributed by atoms with Crippen LogP contribution < -0.4 is 10.6 Å². The van der Waals surface area contributed by atoms with Gasteiger partial charge in [0.05, 0.1) is 17.4 Å². The number of alkyl halides is 3.